The van der Waals surface area contributed by atoms with E-state index in [1.165, 1.54) is 12.1 Å². The fraction of sp³-hybridized carbons (Fsp3) is 0.190. The van der Waals surface area contributed by atoms with Crippen LogP contribution in [0.1, 0.15) is 27.4 Å². The topological polar surface area (TPSA) is 66.9 Å². The Morgan fingerprint density at radius 2 is 1.82 bits per heavy atom. The second-order valence-corrected chi connectivity index (χ2v) is 6.84. The van der Waals surface area contributed by atoms with Gasteiger partial charge in [0, 0.05) is 23.3 Å². The molecule has 7 heteroatoms. The lowest BCUT2D eigenvalue weighted by Crippen LogP contribution is -2.17. The third-order valence-corrected chi connectivity index (χ3v) is 4.38. The predicted molar refractivity (Wildman–Crippen MR) is 110 cm³/mol. The fourth-order valence-corrected chi connectivity index (χ4v) is 2.94. The Morgan fingerprint density at radius 3 is 2.54 bits per heavy atom. The van der Waals surface area contributed by atoms with E-state index in [1.54, 1.807) is 43.3 Å². The monoisotopic (exact) mass is 398 g/mol. The van der Waals surface area contributed by atoms with Crippen LogP contribution in [0.3, 0.4) is 0 Å². The number of rotatable bonds is 6. The number of nitrogens with zero attached hydrogens (tertiary/aromatic N) is 2. The van der Waals surface area contributed by atoms with Crippen LogP contribution in [0.25, 0.3) is 0 Å². The third-order valence-electron chi connectivity index (χ3n) is 4.14. The van der Waals surface area contributed by atoms with Crippen LogP contribution >= 0.6 is 11.6 Å². The van der Waals surface area contributed by atoms with Crippen LogP contribution in [0.15, 0.2) is 48.5 Å². The van der Waals surface area contributed by atoms with Gasteiger partial charge >= 0.3 is 0 Å². The van der Waals surface area contributed by atoms with Crippen LogP contribution in [0.4, 0.5) is 15.9 Å². The molecule has 1 aromatic heterocycles. The summed E-state index contributed by atoms with van der Waals surface area (Å²) in [5.74, 6) is 0.476. The van der Waals surface area contributed by atoms with E-state index < -0.39 is 0 Å². The highest BCUT2D eigenvalue weighted by molar-refractivity contribution is 6.30. The standard InChI is InChI=1S/C21H20ClFN4O/c1-13-11-16(22)5-8-18(13)27-21(28)19-12-20(26-14(2)25-19)24-10-9-15-3-6-17(23)7-4-15/h3-8,11-12H,9-10H2,1-2H3,(H,27,28)(H,24,25,26). The average molecular weight is 399 g/mol. The highest BCUT2D eigenvalue weighted by atomic mass is 35.5. The Balaban J connectivity index is 1.66. The second kappa shape index (κ2) is 8.80. The minimum absolute atomic E-state index is 0.255. The normalized spacial score (nSPS) is 10.6. The van der Waals surface area contributed by atoms with E-state index in [1.807, 2.05) is 6.92 Å². The van der Waals surface area contributed by atoms with Crippen molar-refractivity contribution in [3.63, 3.8) is 0 Å². The molecule has 1 amide bonds. The number of aryl methyl sites for hydroxylation is 2. The van der Waals surface area contributed by atoms with Gasteiger partial charge in [0.2, 0.25) is 0 Å². The number of hydrogen-bond acceptors (Lipinski definition) is 4. The molecule has 144 valence electrons. The number of halogens is 2. The Labute approximate surface area is 168 Å². The van der Waals surface area contributed by atoms with Crippen molar-refractivity contribution in [1.29, 1.82) is 0 Å². The highest BCUT2D eigenvalue weighted by Gasteiger charge is 2.12. The van der Waals surface area contributed by atoms with Crippen molar-refractivity contribution in [3.05, 3.63) is 82.0 Å². The molecule has 2 aromatic carbocycles. The average Bonchev–Trinajstić information content (AvgIpc) is 2.65. The molecule has 0 fully saturated rings. The lowest BCUT2D eigenvalue weighted by atomic mass is 10.1. The Kier molecular flexibility index (Phi) is 6.21. The first kappa shape index (κ1) is 19.8. The molecule has 0 aliphatic rings. The van der Waals surface area contributed by atoms with Gasteiger partial charge in [0.1, 0.15) is 23.2 Å². The molecule has 0 bridgehead atoms. The first-order valence-corrected chi connectivity index (χ1v) is 9.20. The van der Waals surface area contributed by atoms with Crippen molar-refractivity contribution in [3.8, 4) is 0 Å². The number of hydrogen-bond donors (Lipinski definition) is 2. The largest absolute Gasteiger partial charge is 0.370 e. The fourth-order valence-electron chi connectivity index (χ4n) is 2.71. The van der Waals surface area contributed by atoms with Gasteiger partial charge in [-0.25, -0.2) is 14.4 Å². The predicted octanol–water partition coefficient (Wildman–Crippen LogP) is 4.79. The van der Waals surface area contributed by atoms with Crippen molar-refractivity contribution in [1.82, 2.24) is 9.97 Å². The van der Waals surface area contributed by atoms with Gasteiger partial charge in [-0.05, 0) is 61.7 Å². The molecular weight excluding hydrogens is 379 g/mol. The molecule has 3 aromatic rings. The summed E-state index contributed by atoms with van der Waals surface area (Å²) < 4.78 is 13.0. The van der Waals surface area contributed by atoms with E-state index in [0.717, 1.165) is 11.1 Å². The summed E-state index contributed by atoms with van der Waals surface area (Å²) in [5, 5.41) is 6.64. The van der Waals surface area contributed by atoms with Crippen LogP contribution in [0.5, 0.6) is 0 Å². The van der Waals surface area contributed by atoms with Crippen LogP contribution in [0.2, 0.25) is 5.02 Å². The summed E-state index contributed by atoms with van der Waals surface area (Å²) in [4.78, 5) is 21.1. The summed E-state index contributed by atoms with van der Waals surface area (Å²) in [7, 11) is 0. The Bertz CT molecular complexity index is 992. The summed E-state index contributed by atoms with van der Waals surface area (Å²) in [6.07, 6.45) is 0.703. The van der Waals surface area contributed by atoms with Crippen molar-refractivity contribution in [2.45, 2.75) is 20.3 Å². The number of amides is 1. The van der Waals surface area contributed by atoms with Gasteiger partial charge in [0.25, 0.3) is 5.91 Å². The molecule has 1 heterocycles. The minimum atomic E-state index is -0.322. The van der Waals surface area contributed by atoms with Crippen molar-refractivity contribution in [2.75, 3.05) is 17.2 Å². The van der Waals surface area contributed by atoms with Crippen molar-refractivity contribution >= 4 is 29.0 Å². The maximum Gasteiger partial charge on any atom is 0.274 e. The highest BCUT2D eigenvalue weighted by Crippen LogP contribution is 2.20. The van der Waals surface area contributed by atoms with Gasteiger partial charge in [0.15, 0.2) is 0 Å². The maximum atomic E-state index is 13.0. The van der Waals surface area contributed by atoms with Gasteiger partial charge in [-0.3, -0.25) is 4.79 Å². The SMILES string of the molecule is Cc1nc(NCCc2ccc(F)cc2)cc(C(=O)Nc2ccc(Cl)cc2C)n1. The summed E-state index contributed by atoms with van der Waals surface area (Å²) in [6, 6.07) is 13.2. The molecule has 0 radical (unpaired) electrons. The number of anilines is 2. The van der Waals surface area contributed by atoms with Crippen LogP contribution in [0, 0.1) is 19.7 Å². The molecule has 0 unspecified atom stereocenters. The molecule has 5 nitrogen and oxygen atoms in total. The zero-order chi connectivity index (χ0) is 20.1. The second-order valence-electron chi connectivity index (χ2n) is 6.40. The van der Waals surface area contributed by atoms with Crippen LogP contribution < -0.4 is 10.6 Å². The lowest BCUT2D eigenvalue weighted by Gasteiger charge is -2.11. The zero-order valence-electron chi connectivity index (χ0n) is 15.6. The Morgan fingerprint density at radius 1 is 1.07 bits per heavy atom. The quantitative estimate of drug-likeness (QED) is 0.626. The minimum Gasteiger partial charge on any atom is -0.370 e. The van der Waals surface area contributed by atoms with E-state index in [-0.39, 0.29) is 17.4 Å². The Hall–Kier alpha value is -2.99. The van der Waals surface area contributed by atoms with Crippen LogP contribution in [-0.2, 0) is 6.42 Å². The van der Waals surface area contributed by atoms with Gasteiger partial charge in [-0.2, -0.15) is 0 Å². The van der Waals surface area contributed by atoms with Crippen molar-refractivity contribution in [2.24, 2.45) is 0 Å². The summed E-state index contributed by atoms with van der Waals surface area (Å²) in [5.41, 5.74) is 2.82. The molecule has 0 saturated heterocycles. The number of aromatic nitrogens is 2. The van der Waals surface area contributed by atoms with E-state index in [2.05, 4.69) is 20.6 Å². The van der Waals surface area contributed by atoms with E-state index in [4.69, 9.17) is 11.6 Å². The van der Waals surface area contributed by atoms with E-state index in [9.17, 15) is 9.18 Å². The molecule has 0 aliphatic carbocycles. The molecule has 28 heavy (non-hydrogen) atoms. The lowest BCUT2D eigenvalue weighted by molar-refractivity contribution is 0.102. The number of nitrogens with one attached hydrogen (secondary N) is 2. The number of benzene rings is 2. The zero-order valence-corrected chi connectivity index (χ0v) is 16.3. The molecular formula is C21H20ClFN4O. The first-order chi connectivity index (χ1) is 13.4. The summed E-state index contributed by atoms with van der Waals surface area (Å²) >= 11 is 5.95. The van der Waals surface area contributed by atoms with Gasteiger partial charge < -0.3 is 10.6 Å². The van der Waals surface area contributed by atoms with Crippen LogP contribution in [-0.4, -0.2) is 22.4 Å². The third kappa shape index (κ3) is 5.27. The number of carbonyl (C=O) groups excluding carboxylic acids is 1. The molecule has 0 spiro atoms. The van der Waals surface area contributed by atoms with E-state index in [0.29, 0.717) is 35.3 Å². The van der Waals surface area contributed by atoms with Crippen molar-refractivity contribution < 1.29 is 9.18 Å². The molecule has 2 N–H and O–H groups in total. The molecule has 0 atom stereocenters. The molecule has 0 saturated carbocycles. The summed E-state index contributed by atoms with van der Waals surface area (Å²) in [6.45, 7) is 4.20. The van der Waals surface area contributed by atoms with Gasteiger partial charge in [-0.1, -0.05) is 23.7 Å². The molecule has 3 rings (SSSR count). The molecule has 0 aliphatic heterocycles. The van der Waals surface area contributed by atoms with Gasteiger partial charge in [-0.15, -0.1) is 0 Å². The van der Waals surface area contributed by atoms with E-state index >= 15 is 0 Å². The maximum absolute atomic E-state index is 13.0. The number of carbonyl (C=O) groups is 1. The van der Waals surface area contributed by atoms with Gasteiger partial charge in [0.05, 0.1) is 0 Å². The smallest absolute Gasteiger partial charge is 0.274 e. The first-order valence-electron chi connectivity index (χ1n) is 8.82.